The van der Waals surface area contributed by atoms with Crippen molar-refractivity contribution in [3.05, 3.63) is 0 Å². The highest BCUT2D eigenvalue weighted by molar-refractivity contribution is 4.85. The van der Waals surface area contributed by atoms with E-state index in [2.05, 4.69) is 5.32 Å². The second-order valence-corrected chi connectivity index (χ2v) is 4.73. The van der Waals surface area contributed by atoms with Crippen LogP contribution in [0.25, 0.3) is 0 Å². The van der Waals surface area contributed by atoms with E-state index < -0.39 is 5.60 Å². The summed E-state index contributed by atoms with van der Waals surface area (Å²) >= 11 is 0. The van der Waals surface area contributed by atoms with Crippen molar-refractivity contribution in [2.75, 3.05) is 20.3 Å². The predicted molar refractivity (Wildman–Crippen MR) is 58.8 cm³/mol. The van der Waals surface area contributed by atoms with Crippen LogP contribution in [-0.4, -0.2) is 48.2 Å². The Bertz CT molecular complexity index is 185. The summed E-state index contributed by atoms with van der Waals surface area (Å²) in [6.07, 6.45) is 3.31. The fourth-order valence-electron chi connectivity index (χ4n) is 1.94. The molecule has 3 atom stereocenters. The van der Waals surface area contributed by atoms with Gasteiger partial charge in [-0.1, -0.05) is 0 Å². The van der Waals surface area contributed by atoms with Crippen LogP contribution in [0.5, 0.6) is 0 Å². The molecule has 0 aliphatic heterocycles. The van der Waals surface area contributed by atoms with Gasteiger partial charge >= 0.3 is 0 Å². The number of hydrogen-bond donors (Lipinski definition) is 3. The van der Waals surface area contributed by atoms with Gasteiger partial charge in [-0.15, -0.1) is 0 Å². The molecule has 0 aromatic rings. The third-order valence-electron chi connectivity index (χ3n) is 3.07. The van der Waals surface area contributed by atoms with Crippen molar-refractivity contribution in [1.82, 2.24) is 5.32 Å². The maximum atomic E-state index is 9.97. The Kier molecular flexibility index (Phi) is 4.99. The number of aliphatic hydroxyl groups is 2. The van der Waals surface area contributed by atoms with Crippen molar-refractivity contribution in [3.63, 3.8) is 0 Å². The highest BCUT2D eigenvalue weighted by Gasteiger charge is 2.27. The second kappa shape index (κ2) is 5.80. The quantitative estimate of drug-likeness (QED) is 0.598. The molecule has 15 heavy (non-hydrogen) atoms. The normalized spacial score (nSPS) is 30.4. The van der Waals surface area contributed by atoms with E-state index in [1.165, 1.54) is 0 Å². The minimum Gasteiger partial charge on any atom is -0.392 e. The number of methoxy groups -OCH3 is 1. The molecule has 1 fully saturated rings. The Morgan fingerprint density at radius 3 is 2.73 bits per heavy atom. The SMILES string of the molecule is COCCC(C)(O)CN[C@H]1CCC[C@@H]1O. The van der Waals surface area contributed by atoms with E-state index >= 15 is 0 Å². The number of rotatable bonds is 6. The molecule has 1 rings (SSSR count). The van der Waals surface area contributed by atoms with E-state index in [-0.39, 0.29) is 12.1 Å². The van der Waals surface area contributed by atoms with Crippen LogP contribution < -0.4 is 5.32 Å². The maximum absolute atomic E-state index is 9.97. The lowest BCUT2D eigenvalue weighted by atomic mass is 10.0. The van der Waals surface area contributed by atoms with Crippen LogP contribution in [0.4, 0.5) is 0 Å². The van der Waals surface area contributed by atoms with E-state index in [0.29, 0.717) is 19.6 Å². The highest BCUT2D eigenvalue weighted by atomic mass is 16.5. The molecule has 90 valence electrons. The third kappa shape index (κ3) is 4.47. The van der Waals surface area contributed by atoms with Gasteiger partial charge in [0.1, 0.15) is 0 Å². The topological polar surface area (TPSA) is 61.7 Å². The Balaban J connectivity index is 2.22. The zero-order valence-corrected chi connectivity index (χ0v) is 9.70. The first-order valence-corrected chi connectivity index (χ1v) is 5.68. The van der Waals surface area contributed by atoms with E-state index in [1.807, 2.05) is 0 Å². The van der Waals surface area contributed by atoms with Crippen molar-refractivity contribution in [3.8, 4) is 0 Å². The standard InChI is InChI=1S/C11H23NO3/c1-11(14,6-7-15-2)8-12-9-4-3-5-10(9)13/h9-10,12-14H,3-8H2,1-2H3/t9-,10-,11?/m0/s1. The van der Waals surface area contributed by atoms with E-state index in [9.17, 15) is 10.2 Å². The molecule has 4 nitrogen and oxygen atoms in total. The summed E-state index contributed by atoms with van der Waals surface area (Å²) in [5, 5.41) is 22.8. The average molecular weight is 217 g/mol. The van der Waals surface area contributed by atoms with Crippen LogP contribution in [0.3, 0.4) is 0 Å². The lowest BCUT2D eigenvalue weighted by molar-refractivity contribution is 0.0187. The fourth-order valence-corrected chi connectivity index (χ4v) is 1.94. The van der Waals surface area contributed by atoms with Crippen LogP contribution >= 0.6 is 0 Å². The molecule has 1 unspecified atom stereocenters. The first kappa shape index (κ1) is 12.9. The van der Waals surface area contributed by atoms with Crippen molar-refractivity contribution in [2.24, 2.45) is 0 Å². The maximum Gasteiger partial charge on any atom is 0.0765 e. The monoisotopic (exact) mass is 217 g/mol. The number of hydrogen-bond acceptors (Lipinski definition) is 4. The second-order valence-electron chi connectivity index (χ2n) is 4.73. The van der Waals surface area contributed by atoms with Gasteiger partial charge in [-0.3, -0.25) is 0 Å². The van der Waals surface area contributed by atoms with Crippen molar-refractivity contribution in [1.29, 1.82) is 0 Å². The number of aliphatic hydroxyl groups excluding tert-OH is 1. The first-order valence-electron chi connectivity index (χ1n) is 5.68. The molecule has 1 saturated carbocycles. The zero-order valence-electron chi connectivity index (χ0n) is 9.70. The molecular formula is C11H23NO3. The molecule has 1 aliphatic carbocycles. The minimum absolute atomic E-state index is 0.152. The largest absolute Gasteiger partial charge is 0.392 e. The van der Waals surface area contributed by atoms with E-state index in [0.717, 1.165) is 19.3 Å². The molecule has 0 bridgehead atoms. The summed E-state index contributed by atoms with van der Waals surface area (Å²) in [5.74, 6) is 0. The molecule has 0 aromatic carbocycles. The zero-order chi connectivity index (χ0) is 11.3. The van der Waals surface area contributed by atoms with Gasteiger partial charge in [0.2, 0.25) is 0 Å². The molecule has 0 spiro atoms. The third-order valence-corrected chi connectivity index (χ3v) is 3.07. The first-order chi connectivity index (χ1) is 7.05. The smallest absolute Gasteiger partial charge is 0.0765 e. The van der Waals surface area contributed by atoms with Gasteiger partial charge in [0, 0.05) is 32.7 Å². The minimum atomic E-state index is -0.752. The summed E-state index contributed by atoms with van der Waals surface area (Å²) in [7, 11) is 1.63. The van der Waals surface area contributed by atoms with Gasteiger partial charge in [0.05, 0.1) is 11.7 Å². The van der Waals surface area contributed by atoms with Gasteiger partial charge in [-0.2, -0.15) is 0 Å². The molecule has 0 heterocycles. The highest BCUT2D eigenvalue weighted by Crippen LogP contribution is 2.19. The van der Waals surface area contributed by atoms with Gasteiger partial charge in [0.25, 0.3) is 0 Å². The molecule has 0 amide bonds. The molecule has 0 saturated heterocycles. The van der Waals surface area contributed by atoms with Crippen LogP contribution in [0.2, 0.25) is 0 Å². The molecule has 0 aromatic heterocycles. The summed E-state index contributed by atoms with van der Waals surface area (Å²) < 4.78 is 4.93. The molecule has 4 heteroatoms. The molecule has 0 radical (unpaired) electrons. The Morgan fingerprint density at radius 1 is 1.47 bits per heavy atom. The Morgan fingerprint density at radius 2 is 2.20 bits per heavy atom. The summed E-state index contributed by atoms with van der Waals surface area (Å²) in [4.78, 5) is 0. The van der Waals surface area contributed by atoms with Crippen LogP contribution in [0, 0.1) is 0 Å². The van der Waals surface area contributed by atoms with Crippen LogP contribution in [0.1, 0.15) is 32.6 Å². The van der Waals surface area contributed by atoms with Crippen LogP contribution in [0.15, 0.2) is 0 Å². The van der Waals surface area contributed by atoms with E-state index in [1.54, 1.807) is 14.0 Å². The fraction of sp³-hybridized carbons (Fsp3) is 1.00. The number of ether oxygens (including phenoxy) is 1. The van der Waals surface area contributed by atoms with Crippen molar-refractivity contribution >= 4 is 0 Å². The van der Waals surface area contributed by atoms with Crippen molar-refractivity contribution in [2.45, 2.75) is 50.4 Å². The Hall–Kier alpha value is -0.160. The van der Waals surface area contributed by atoms with Crippen molar-refractivity contribution < 1.29 is 14.9 Å². The summed E-state index contributed by atoms with van der Waals surface area (Å²) in [6.45, 7) is 2.86. The lowest BCUT2D eigenvalue weighted by Gasteiger charge is -2.26. The lowest BCUT2D eigenvalue weighted by Crippen LogP contribution is -2.45. The van der Waals surface area contributed by atoms with Gasteiger partial charge in [-0.05, 0) is 26.2 Å². The molecular weight excluding hydrogens is 194 g/mol. The Labute approximate surface area is 91.6 Å². The molecule has 3 N–H and O–H groups in total. The average Bonchev–Trinajstić information content (AvgIpc) is 2.58. The summed E-state index contributed by atoms with van der Waals surface area (Å²) in [5.41, 5.74) is -0.752. The van der Waals surface area contributed by atoms with Gasteiger partial charge in [0.15, 0.2) is 0 Å². The van der Waals surface area contributed by atoms with Gasteiger partial charge in [-0.25, -0.2) is 0 Å². The summed E-state index contributed by atoms with van der Waals surface area (Å²) in [6, 6.07) is 0.152. The van der Waals surface area contributed by atoms with Gasteiger partial charge < -0.3 is 20.3 Å². The van der Waals surface area contributed by atoms with Crippen LogP contribution in [-0.2, 0) is 4.74 Å². The number of nitrogens with one attached hydrogen (secondary N) is 1. The van der Waals surface area contributed by atoms with E-state index in [4.69, 9.17) is 4.74 Å². The molecule has 1 aliphatic rings. The predicted octanol–water partition coefficient (Wildman–Crippen LogP) is 0.277.